The molecule has 3 unspecified atom stereocenters. The lowest BCUT2D eigenvalue weighted by Gasteiger charge is -2.16. The monoisotopic (exact) mass is 188 g/mol. The van der Waals surface area contributed by atoms with Crippen LogP contribution < -0.4 is 0 Å². The van der Waals surface area contributed by atoms with Gasteiger partial charge in [-0.1, -0.05) is 27.2 Å². The van der Waals surface area contributed by atoms with Gasteiger partial charge in [-0.25, -0.2) is 0 Å². The van der Waals surface area contributed by atoms with Gasteiger partial charge in [-0.3, -0.25) is 0 Å². The summed E-state index contributed by atoms with van der Waals surface area (Å²) >= 11 is 0. The molecule has 0 heterocycles. The van der Waals surface area contributed by atoms with Crippen molar-refractivity contribution in [2.45, 2.75) is 46.6 Å². The normalized spacial score (nSPS) is 18.2. The molecule has 1 N–H and O–H groups in total. The van der Waals surface area contributed by atoms with E-state index in [0.717, 1.165) is 6.61 Å². The molecule has 13 heavy (non-hydrogen) atoms. The quantitative estimate of drug-likeness (QED) is 0.665. The molecule has 0 aromatic heterocycles. The summed E-state index contributed by atoms with van der Waals surface area (Å²) in [7, 11) is 0. The molecule has 0 saturated carbocycles. The third kappa shape index (κ3) is 7.03. The zero-order valence-corrected chi connectivity index (χ0v) is 9.42. The highest BCUT2D eigenvalue weighted by Gasteiger charge is 2.09. The molecule has 0 aliphatic rings. The lowest BCUT2D eigenvalue weighted by atomic mass is 10.1. The van der Waals surface area contributed by atoms with Crippen molar-refractivity contribution in [3.05, 3.63) is 0 Å². The molecule has 0 amide bonds. The van der Waals surface area contributed by atoms with Gasteiger partial charge < -0.3 is 9.84 Å². The van der Waals surface area contributed by atoms with Crippen molar-refractivity contribution in [2.24, 2.45) is 11.8 Å². The Bertz CT molecular complexity index is 113. The Morgan fingerprint density at radius 2 is 1.77 bits per heavy atom. The SMILES string of the molecule is CCCC(C)COCC(C)C(C)O. The Morgan fingerprint density at radius 1 is 1.15 bits per heavy atom. The summed E-state index contributed by atoms with van der Waals surface area (Å²) in [6.07, 6.45) is 2.18. The van der Waals surface area contributed by atoms with Gasteiger partial charge in [-0.15, -0.1) is 0 Å². The van der Waals surface area contributed by atoms with Crippen LogP contribution in [0.15, 0.2) is 0 Å². The van der Waals surface area contributed by atoms with Crippen LogP contribution in [0.25, 0.3) is 0 Å². The maximum absolute atomic E-state index is 9.21. The van der Waals surface area contributed by atoms with Crippen LogP contribution in [0, 0.1) is 11.8 Å². The van der Waals surface area contributed by atoms with E-state index in [9.17, 15) is 5.11 Å². The smallest absolute Gasteiger partial charge is 0.0559 e. The highest BCUT2D eigenvalue weighted by molar-refractivity contribution is 4.58. The van der Waals surface area contributed by atoms with E-state index in [0.29, 0.717) is 12.5 Å². The minimum Gasteiger partial charge on any atom is -0.393 e. The van der Waals surface area contributed by atoms with E-state index in [4.69, 9.17) is 4.74 Å². The lowest BCUT2D eigenvalue weighted by Crippen LogP contribution is -2.20. The number of hydrogen-bond acceptors (Lipinski definition) is 2. The van der Waals surface area contributed by atoms with E-state index in [2.05, 4.69) is 13.8 Å². The zero-order valence-electron chi connectivity index (χ0n) is 9.42. The number of hydrogen-bond donors (Lipinski definition) is 1. The number of rotatable bonds is 7. The molecule has 80 valence electrons. The van der Waals surface area contributed by atoms with E-state index < -0.39 is 0 Å². The second kappa shape index (κ2) is 7.34. The van der Waals surface area contributed by atoms with Crippen LogP contribution in [-0.2, 0) is 4.74 Å². The summed E-state index contributed by atoms with van der Waals surface area (Å²) in [5, 5.41) is 9.21. The molecule has 0 aromatic carbocycles. The minimum absolute atomic E-state index is 0.244. The molecule has 2 nitrogen and oxygen atoms in total. The zero-order chi connectivity index (χ0) is 10.3. The third-order valence-corrected chi connectivity index (χ3v) is 2.39. The first-order valence-corrected chi connectivity index (χ1v) is 5.33. The molecule has 0 bridgehead atoms. The van der Waals surface area contributed by atoms with Crippen LogP contribution in [-0.4, -0.2) is 24.4 Å². The number of aliphatic hydroxyl groups is 1. The first kappa shape index (κ1) is 12.9. The molecular weight excluding hydrogens is 164 g/mol. The summed E-state index contributed by atoms with van der Waals surface area (Å²) in [5.74, 6) is 0.889. The largest absolute Gasteiger partial charge is 0.393 e. The Hall–Kier alpha value is -0.0800. The molecule has 3 atom stereocenters. The van der Waals surface area contributed by atoms with Crippen LogP contribution in [0.5, 0.6) is 0 Å². The van der Waals surface area contributed by atoms with Crippen molar-refractivity contribution in [3.63, 3.8) is 0 Å². The van der Waals surface area contributed by atoms with Gasteiger partial charge in [0.1, 0.15) is 0 Å². The second-order valence-electron chi connectivity index (χ2n) is 4.15. The van der Waals surface area contributed by atoms with Crippen molar-refractivity contribution >= 4 is 0 Å². The van der Waals surface area contributed by atoms with Crippen molar-refractivity contribution in [1.82, 2.24) is 0 Å². The molecule has 0 aromatic rings. The maximum Gasteiger partial charge on any atom is 0.0559 e. The van der Waals surface area contributed by atoms with E-state index in [1.54, 1.807) is 0 Å². The van der Waals surface area contributed by atoms with Gasteiger partial charge in [-0.05, 0) is 19.3 Å². The minimum atomic E-state index is -0.263. The second-order valence-corrected chi connectivity index (χ2v) is 4.15. The van der Waals surface area contributed by atoms with Crippen LogP contribution in [0.3, 0.4) is 0 Å². The van der Waals surface area contributed by atoms with E-state index in [1.807, 2.05) is 13.8 Å². The summed E-state index contributed by atoms with van der Waals surface area (Å²) in [6, 6.07) is 0. The fourth-order valence-electron chi connectivity index (χ4n) is 1.17. The predicted octanol–water partition coefficient (Wildman–Crippen LogP) is 2.46. The van der Waals surface area contributed by atoms with Gasteiger partial charge in [0, 0.05) is 12.5 Å². The lowest BCUT2D eigenvalue weighted by molar-refractivity contribution is 0.0305. The molecular formula is C11H24O2. The molecule has 0 aliphatic heterocycles. The van der Waals surface area contributed by atoms with Gasteiger partial charge in [-0.2, -0.15) is 0 Å². The fraction of sp³-hybridized carbons (Fsp3) is 1.00. The summed E-state index contributed by atoms with van der Waals surface area (Å²) < 4.78 is 5.51. The average molecular weight is 188 g/mol. The van der Waals surface area contributed by atoms with Crippen LogP contribution in [0.1, 0.15) is 40.5 Å². The first-order valence-electron chi connectivity index (χ1n) is 5.33. The van der Waals surface area contributed by atoms with E-state index >= 15 is 0 Å². The number of ether oxygens (including phenoxy) is 1. The molecule has 0 saturated heterocycles. The van der Waals surface area contributed by atoms with Gasteiger partial charge in [0.05, 0.1) is 12.7 Å². The Balaban J connectivity index is 3.33. The summed E-state index contributed by atoms with van der Waals surface area (Å²) in [5.41, 5.74) is 0. The molecule has 0 aliphatic carbocycles. The highest BCUT2D eigenvalue weighted by Crippen LogP contribution is 2.07. The van der Waals surface area contributed by atoms with Crippen LogP contribution in [0.2, 0.25) is 0 Å². The Labute approximate surface area is 82.3 Å². The molecule has 0 fully saturated rings. The van der Waals surface area contributed by atoms with Crippen molar-refractivity contribution < 1.29 is 9.84 Å². The highest BCUT2D eigenvalue weighted by atomic mass is 16.5. The standard InChI is InChI=1S/C11H24O2/c1-5-6-9(2)7-13-8-10(3)11(4)12/h9-12H,5-8H2,1-4H3. The van der Waals surface area contributed by atoms with Gasteiger partial charge in [0.25, 0.3) is 0 Å². The first-order chi connectivity index (χ1) is 6.07. The van der Waals surface area contributed by atoms with Gasteiger partial charge >= 0.3 is 0 Å². The Morgan fingerprint density at radius 3 is 2.23 bits per heavy atom. The molecule has 0 spiro atoms. The van der Waals surface area contributed by atoms with Crippen molar-refractivity contribution in [3.8, 4) is 0 Å². The summed E-state index contributed by atoms with van der Waals surface area (Å²) in [4.78, 5) is 0. The van der Waals surface area contributed by atoms with E-state index in [1.165, 1.54) is 12.8 Å². The molecule has 2 heteroatoms. The summed E-state index contributed by atoms with van der Waals surface area (Å²) in [6.45, 7) is 9.71. The van der Waals surface area contributed by atoms with E-state index in [-0.39, 0.29) is 12.0 Å². The van der Waals surface area contributed by atoms with Gasteiger partial charge in [0.2, 0.25) is 0 Å². The Kier molecular flexibility index (Phi) is 7.29. The van der Waals surface area contributed by atoms with Crippen LogP contribution >= 0.6 is 0 Å². The molecule has 0 rings (SSSR count). The number of aliphatic hydroxyl groups excluding tert-OH is 1. The van der Waals surface area contributed by atoms with Crippen molar-refractivity contribution in [2.75, 3.05) is 13.2 Å². The molecule has 0 radical (unpaired) electrons. The fourth-order valence-corrected chi connectivity index (χ4v) is 1.17. The average Bonchev–Trinajstić information content (AvgIpc) is 2.04. The maximum atomic E-state index is 9.21. The van der Waals surface area contributed by atoms with Crippen LogP contribution in [0.4, 0.5) is 0 Å². The van der Waals surface area contributed by atoms with Gasteiger partial charge in [0.15, 0.2) is 0 Å². The topological polar surface area (TPSA) is 29.5 Å². The van der Waals surface area contributed by atoms with Crippen molar-refractivity contribution in [1.29, 1.82) is 0 Å². The predicted molar refractivity (Wildman–Crippen MR) is 55.7 cm³/mol. The third-order valence-electron chi connectivity index (χ3n) is 2.39.